The van der Waals surface area contributed by atoms with Crippen LogP contribution in [-0.2, 0) is 0 Å². The van der Waals surface area contributed by atoms with E-state index in [1.54, 1.807) is 6.07 Å². The molecule has 1 aliphatic heterocycles. The van der Waals surface area contributed by atoms with Gasteiger partial charge < -0.3 is 20.1 Å². The number of anilines is 2. The summed E-state index contributed by atoms with van der Waals surface area (Å²) < 4.78 is 19.7. The molecule has 1 aromatic carbocycles. The van der Waals surface area contributed by atoms with E-state index in [0.29, 0.717) is 37.6 Å². The van der Waals surface area contributed by atoms with Crippen molar-refractivity contribution in [1.29, 1.82) is 5.26 Å². The highest BCUT2D eigenvalue weighted by atomic mass is 19.1. The monoisotopic (exact) mass is 357 g/mol. The summed E-state index contributed by atoms with van der Waals surface area (Å²) in [6.45, 7) is 0.819. The van der Waals surface area contributed by atoms with Gasteiger partial charge in [0.25, 0.3) is 0 Å². The lowest BCUT2D eigenvalue weighted by Gasteiger charge is -2.29. The van der Waals surface area contributed by atoms with Gasteiger partial charge in [-0.15, -0.1) is 0 Å². The highest BCUT2D eigenvalue weighted by molar-refractivity contribution is 5.65. The molecule has 0 bridgehead atoms. The number of piperidine rings is 1. The number of nitriles is 1. The maximum Gasteiger partial charge on any atom is 0.407 e. The fourth-order valence-electron chi connectivity index (χ4n) is 2.63. The second-order valence-corrected chi connectivity index (χ2v) is 5.76. The van der Waals surface area contributed by atoms with Gasteiger partial charge in [-0.05, 0) is 18.2 Å². The van der Waals surface area contributed by atoms with Gasteiger partial charge in [-0.2, -0.15) is 5.26 Å². The second-order valence-electron chi connectivity index (χ2n) is 5.76. The van der Waals surface area contributed by atoms with E-state index in [4.69, 9.17) is 15.1 Å². The summed E-state index contributed by atoms with van der Waals surface area (Å²) in [5.74, 6) is 0.109. The summed E-state index contributed by atoms with van der Waals surface area (Å²) in [5.41, 5.74) is 0.413. The number of nitrogens with zero attached hydrogens (tertiary/aromatic N) is 4. The molecule has 1 fully saturated rings. The largest absolute Gasteiger partial charge is 0.474 e. The van der Waals surface area contributed by atoms with E-state index in [2.05, 4.69) is 15.3 Å². The summed E-state index contributed by atoms with van der Waals surface area (Å²) in [5, 5.41) is 20.5. The Balaban J connectivity index is 1.64. The third-order valence-corrected chi connectivity index (χ3v) is 4.00. The molecule has 0 saturated carbocycles. The van der Waals surface area contributed by atoms with Gasteiger partial charge in [-0.25, -0.2) is 19.2 Å². The molecule has 0 spiro atoms. The molecule has 0 atom stereocenters. The average molecular weight is 357 g/mol. The SMILES string of the molecule is N#Cc1ccc(Nc2cc(OC3CCN(C(=O)O)CC3)ncn2)c(F)c1. The van der Waals surface area contributed by atoms with Crippen LogP contribution in [0.2, 0.25) is 0 Å². The zero-order chi connectivity index (χ0) is 18.5. The van der Waals surface area contributed by atoms with Crippen molar-refractivity contribution in [3.63, 3.8) is 0 Å². The lowest BCUT2D eigenvalue weighted by molar-refractivity contribution is 0.0870. The minimum Gasteiger partial charge on any atom is -0.474 e. The Hall–Kier alpha value is -3.41. The number of halogens is 1. The zero-order valence-electron chi connectivity index (χ0n) is 13.7. The number of carboxylic acid groups (broad SMARTS) is 1. The quantitative estimate of drug-likeness (QED) is 0.865. The number of likely N-dealkylation sites (tertiary alicyclic amines) is 1. The van der Waals surface area contributed by atoms with Crippen LogP contribution in [0.15, 0.2) is 30.6 Å². The molecule has 0 radical (unpaired) electrons. The van der Waals surface area contributed by atoms with Gasteiger partial charge in [0.05, 0.1) is 17.3 Å². The van der Waals surface area contributed by atoms with Gasteiger partial charge >= 0.3 is 6.09 Å². The van der Waals surface area contributed by atoms with Crippen LogP contribution in [-0.4, -0.2) is 45.3 Å². The minimum absolute atomic E-state index is 0.139. The Bertz CT molecular complexity index is 847. The van der Waals surface area contributed by atoms with Crippen LogP contribution in [0.3, 0.4) is 0 Å². The summed E-state index contributed by atoms with van der Waals surface area (Å²) in [7, 11) is 0. The Morgan fingerprint density at radius 1 is 1.35 bits per heavy atom. The Kier molecular flexibility index (Phi) is 5.12. The highest BCUT2D eigenvalue weighted by Crippen LogP contribution is 2.23. The highest BCUT2D eigenvalue weighted by Gasteiger charge is 2.23. The molecule has 1 amide bonds. The zero-order valence-corrected chi connectivity index (χ0v) is 13.7. The van der Waals surface area contributed by atoms with E-state index in [1.807, 2.05) is 6.07 Å². The van der Waals surface area contributed by atoms with E-state index in [0.717, 1.165) is 6.07 Å². The number of nitrogens with one attached hydrogen (secondary N) is 1. The molecular formula is C17H16FN5O3. The average Bonchev–Trinajstić information content (AvgIpc) is 2.64. The number of rotatable bonds is 4. The lowest BCUT2D eigenvalue weighted by atomic mass is 10.1. The molecule has 1 aliphatic rings. The van der Waals surface area contributed by atoms with Crippen LogP contribution in [0.1, 0.15) is 18.4 Å². The van der Waals surface area contributed by atoms with E-state index in [-0.39, 0.29) is 17.4 Å². The molecule has 134 valence electrons. The maximum absolute atomic E-state index is 14.0. The Morgan fingerprint density at radius 2 is 2.12 bits per heavy atom. The molecule has 2 heterocycles. The van der Waals surface area contributed by atoms with E-state index in [9.17, 15) is 9.18 Å². The summed E-state index contributed by atoms with van der Waals surface area (Å²) in [4.78, 5) is 20.3. The Morgan fingerprint density at radius 3 is 2.77 bits per heavy atom. The fourth-order valence-corrected chi connectivity index (χ4v) is 2.63. The Labute approximate surface area is 148 Å². The van der Waals surface area contributed by atoms with Crippen molar-refractivity contribution in [3.8, 4) is 11.9 Å². The molecule has 1 saturated heterocycles. The third kappa shape index (κ3) is 4.16. The van der Waals surface area contributed by atoms with Gasteiger partial charge in [0.2, 0.25) is 5.88 Å². The van der Waals surface area contributed by atoms with Crippen molar-refractivity contribution in [2.24, 2.45) is 0 Å². The molecule has 0 unspecified atom stereocenters. The first-order valence-electron chi connectivity index (χ1n) is 7.98. The summed E-state index contributed by atoms with van der Waals surface area (Å²) in [6, 6.07) is 7.51. The van der Waals surface area contributed by atoms with Crippen molar-refractivity contribution >= 4 is 17.6 Å². The van der Waals surface area contributed by atoms with E-state index >= 15 is 0 Å². The number of hydrogen-bond donors (Lipinski definition) is 2. The first kappa shape index (κ1) is 17.4. The van der Waals surface area contributed by atoms with Crippen molar-refractivity contribution in [3.05, 3.63) is 42.0 Å². The van der Waals surface area contributed by atoms with Crippen LogP contribution >= 0.6 is 0 Å². The standard InChI is InChI=1S/C17H16FN5O3/c18-13-7-11(9-19)1-2-14(13)22-15-8-16(21-10-20-15)26-12-3-5-23(6-4-12)17(24)25/h1-2,7-8,10,12H,3-6H2,(H,24,25)(H,20,21,22). The predicted molar refractivity (Wildman–Crippen MR) is 89.7 cm³/mol. The number of benzene rings is 1. The molecule has 26 heavy (non-hydrogen) atoms. The smallest absolute Gasteiger partial charge is 0.407 e. The summed E-state index contributed by atoms with van der Waals surface area (Å²) >= 11 is 0. The predicted octanol–water partition coefficient (Wildman–Crippen LogP) is 2.75. The van der Waals surface area contributed by atoms with E-state index in [1.165, 1.54) is 23.4 Å². The van der Waals surface area contributed by atoms with Crippen molar-refractivity contribution in [2.75, 3.05) is 18.4 Å². The molecule has 0 aliphatic carbocycles. The van der Waals surface area contributed by atoms with Gasteiger partial charge in [0.1, 0.15) is 24.1 Å². The molecule has 8 nitrogen and oxygen atoms in total. The third-order valence-electron chi connectivity index (χ3n) is 4.00. The number of amides is 1. The molecule has 3 rings (SSSR count). The van der Waals surface area contributed by atoms with Crippen LogP contribution in [0.4, 0.5) is 20.7 Å². The first-order valence-corrected chi connectivity index (χ1v) is 7.98. The van der Waals surface area contributed by atoms with Gasteiger partial charge in [-0.1, -0.05) is 0 Å². The number of hydrogen-bond acceptors (Lipinski definition) is 6. The number of carbonyl (C=O) groups is 1. The lowest BCUT2D eigenvalue weighted by Crippen LogP contribution is -2.41. The topological polar surface area (TPSA) is 111 Å². The minimum atomic E-state index is -0.929. The fraction of sp³-hybridized carbons (Fsp3) is 0.294. The molecular weight excluding hydrogens is 341 g/mol. The summed E-state index contributed by atoms with van der Waals surface area (Å²) in [6.07, 6.45) is 1.37. The molecule has 2 N–H and O–H groups in total. The molecule has 1 aromatic heterocycles. The van der Waals surface area contributed by atoms with Crippen LogP contribution in [0.5, 0.6) is 5.88 Å². The van der Waals surface area contributed by atoms with Gasteiger partial charge in [0, 0.05) is 32.0 Å². The van der Waals surface area contributed by atoms with Crippen LogP contribution in [0, 0.1) is 17.1 Å². The molecule has 2 aromatic rings. The molecule has 9 heteroatoms. The normalized spacial score (nSPS) is 14.5. The van der Waals surface area contributed by atoms with Crippen molar-refractivity contribution in [1.82, 2.24) is 14.9 Å². The second kappa shape index (κ2) is 7.65. The maximum atomic E-state index is 14.0. The number of ether oxygens (including phenoxy) is 1. The van der Waals surface area contributed by atoms with Gasteiger partial charge in [0.15, 0.2) is 0 Å². The number of aromatic nitrogens is 2. The first-order chi connectivity index (χ1) is 12.5. The van der Waals surface area contributed by atoms with Gasteiger partial charge in [-0.3, -0.25) is 0 Å². The van der Waals surface area contributed by atoms with Crippen molar-refractivity contribution in [2.45, 2.75) is 18.9 Å². The van der Waals surface area contributed by atoms with Crippen molar-refractivity contribution < 1.29 is 19.0 Å². The van der Waals surface area contributed by atoms with Crippen LogP contribution < -0.4 is 10.1 Å². The van der Waals surface area contributed by atoms with Crippen LogP contribution in [0.25, 0.3) is 0 Å². The van der Waals surface area contributed by atoms with E-state index < -0.39 is 11.9 Å².